The number of hydrogen-bond acceptors (Lipinski definition) is 2. The SMILES string of the molecule is C=C(C)C(=O)C[N+](C)(C)CC(=O)O. The van der Waals surface area contributed by atoms with Crippen molar-refractivity contribution in [2.75, 3.05) is 27.2 Å². The second kappa shape index (κ2) is 4.18. The zero-order valence-corrected chi connectivity index (χ0v) is 8.33. The number of likely N-dealkylation sites (N-methyl/N-ethyl adjacent to an activating group) is 1. The van der Waals surface area contributed by atoms with E-state index in [0.29, 0.717) is 5.57 Å². The first-order valence-electron chi connectivity index (χ1n) is 3.97. The molecular weight excluding hydrogens is 170 g/mol. The van der Waals surface area contributed by atoms with Gasteiger partial charge in [-0.15, -0.1) is 0 Å². The first-order valence-corrected chi connectivity index (χ1v) is 3.97. The molecule has 0 rings (SSSR count). The normalized spacial score (nSPS) is 11.0. The molecule has 0 spiro atoms. The van der Waals surface area contributed by atoms with Gasteiger partial charge in [0, 0.05) is 0 Å². The van der Waals surface area contributed by atoms with E-state index in [1.165, 1.54) is 0 Å². The molecule has 0 aliphatic heterocycles. The van der Waals surface area contributed by atoms with E-state index >= 15 is 0 Å². The molecule has 0 amide bonds. The highest BCUT2D eigenvalue weighted by Crippen LogP contribution is 2.00. The molecule has 0 unspecified atom stereocenters. The number of aliphatic carboxylic acids is 1. The fourth-order valence-corrected chi connectivity index (χ4v) is 0.946. The van der Waals surface area contributed by atoms with Gasteiger partial charge in [-0.05, 0) is 12.5 Å². The Hall–Kier alpha value is -1.16. The van der Waals surface area contributed by atoms with Crippen LogP contribution in [0, 0.1) is 0 Å². The highest BCUT2D eigenvalue weighted by Gasteiger charge is 2.23. The van der Waals surface area contributed by atoms with Gasteiger partial charge in [0.25, 0.3) is 0 Å². The van der Waals surface area contributed by atoms with Crippen LogP contribution in [0.15, 0.2) is 12.2 Å². The van der Waals surface area contributed by atoms with Crippen LogP contribution in [0.3, 0.4) is 0 Å². The van der Waals surface area contributed by atoms with E-state index in [0.717, 1.165) is 0 Å². The van der Waals surface area contributed by atoms with Crippen LogP contribution in [-0.2, 0) is 9.59 Å². The molecule has 0 fully saturated rings. The van der Waals surface area contributed by atoms with E-state index in [9.17, 15) is 9.59 Å². The maximum atomic E-state index is 11.2. The number of nitrogens with zero attached hydrogens (tertiary/aromatic N) is 1. The Morgan fingerprint density at radius 1 is 1.31 bits per heavy atom. The van der Waals surface area contributed by atoms with Crippen molar-refractivity contribution in [2.45, 2.75) is 6.92 Å². The molecule has 0 aliphatic rings. The van der Waals surface area contributed by atoms with Crippen LogP contribution in [-0.4, -0.2) is 48.5 Å². The number of hydrogen-bond donors (Lipinski definition) is 1. The van der Waals surface area contributed by atoms with Crippen molar-refractivity contribution < 1.29 is 19.2 Å². The van der Waals surface area contributed by atoms with Gasteiger partial charge >= 0.3 is 5.97 Å². The summed E-state index contributed by atoms with van der Waals surface area (Å²) in [7, 11) is 3.41. The van der Waals surface area contributed by atoms with Crippen molar-refractivity contribution in [2.24, 2.45) is 0 Å². The third-order valence-corrected chi connectivity index (χ3v) is 1.61. The van der Waals surface area contributed by atoms with Crippen molar-refractivity contribution in [3.05, 3.63) is 12.2 Å². The van der Waals surface area contributed by atoms with Gasteiger partial charge in [0.1, 0.15) is 6.54 Å². The van der Waals surface area contributed by atoms with Crippen molar-refractivity contribution in [3.63, 3.8) is 0 Å². The predicted octanol–water partition coefficient (Wildman–Crippen LogP) is 0.293. The second-order valence-corrected chi connectivity index (χ2v) is 3.85. The number of carbonyl (C=O) groups is 2. The molecule has 0 aromatic heterocycles. The van der Waals surface area contributed by atoms with Gasteiger partial charge in [-0.3, -0.25) is 4.79 Å². The summed E-state index contributed by atoms with van der Waals surface area (Å²) in [6, 6.07) is 0. The van der Waals surface area contributed by atoms with Gasteiger partial charge in [-0.25, -0.2) is 4.79 Å². The Labute approximate surface area is 78.1 Å². The van der Waals surface area contributed by atoms with Crippen LogP contribution < -0.4 is 0 Å². The molecule has 0 bridgehead atoms. The highest BCUT2D eigenvalue weighted by atomic mass is 16.4. The number of carboxylic acid groups (broad SMARTS) is 1. The van der Waals surface area contributed by atoms with E-state index in [4.69, 9.17) is 5.11 Å². The molecule has 0 aromatic rings. The van der Waals surface area contributed by atoms with Gasteiger partial charge in [-0.1, -0.05) is 6.58 Å². The second-order valence-electron chi connectivity index (χ2n) is 3.85. The van der Waals surface area contributed by atoms with E-state index in [-0.39, 0.29) is 23.4 Å². The lowest BCUT2D eigenvalue weighted by molar-refractivity contribution is -0.874. The molecule has 0 aliphatic carbocycles. The van der Waals surface area contributed by atoms with Crippen LogP contribution in [0.5, 0.6) is 0 Å². The van der Waals surface area contributed by atoms with Crippen molar-refractivity contribution in [1.82, 2.24) is 0 Å². The number of rotatable bonds is 5. The van der Waals surface area contributed by atoms with E-state index in [1.54, 1.807) is 21.0 Å². The van der Waals surface area contributed by atoms with Gasteiger partial charge in [0.2, 0.25) is 5.78 Å². The molecule has 0 saturated carbocycles. The van der Waals surface area contributed by atoms with Gasteiger partial charge in [0.05, 0.1) is 14.1 Å². The molecule has 0 radical (unpaired) electrons. The maximum Gasteiger partial charge on any atom is 0.359 e. The van der Waals surface area contributed by atoms with E-state index in [1.807, 2.05) is 0 Å². The van der Waals surface area contributed by atoms with Crippen LogP contribution in [0.4, 0.5) is 0 Å². The Balaban J connectivity index is 4.24. The van der Waals surface area contributed by atoms with E-state index < -0.39 is 5.97 Å². The average molecular weight is 186 g/mol. The summed E-state index contributed by atoms with van der Waals surface area (Å²) in [5.41, 5.74) is 0.469. The molecule has 0 saturated heterocycles. The number of quaternary nitrogens is 1. The molecule has 4 nitrogen and oxygen atoms in total. The molecule has 1 N–H and O–H groups in total. The first kappa shape index (κ1) is 11.8. The molecule has 0 heterocycles. The average Bonchev–Trinajstić information content (AvgIpc) is 1.81. The molecule has 4 heteroatoms. The minimum absolute atomic E-state index is 0.0565. The largest absolute Gasteiger partial charge is 0.477 e. The van der Waals surface area contributed by atoms with Crippen molar-refractivity contribution >= 4 is 11.8 Å². The van der Waals surface area contributed by atoms with Crippen LogP contribution >= 0.6 is 0 Å². The minimum atomic E-state index is -0.903. The Morgan fingerprint density at radius 3 is 2.08 bits per heavy atom. The fraction of sp³-hybridized carbons (Fsp3) is 0.556. The molecule has 0 atom stereocenters. The number of Topliss-reactive ketones (excluding diaryl/α,β-unsaturated/α-hetero) is 1. The standard InChI is InChI=1S/C9H15NO3/c1-7(2)8(11)5-10(3,4)6-9(12)13/h1,5-6H2,2-4H3/p+1. The van der Waals surface area contributed by atoms with Gasteiger partial charge in [-0.2, -0.15) is 0 Å². The lowest BCUT2D eigenvalue weighted by Crippen LogP contribution is -2.47. The monoisotopic (exact) mass is 186 g/mol. The van der Waals surface area contributed by atoms with Crippen molar-refractivity contribution in [1.29, 1.82) is 0 Å². The Kier molecular flexibility index (Phi) is 3.81. The molecular formula is C9H16NO3+. The fourth-order valence-electron chi connectivity index (χ4n) is 0.946. The minimum Gasteiger partial charge on any atom is -0.477 e. The Bertz CT molecular complexity index is 243. The number of carboxylic acids is 1. The third kappa shape index (κ3) is 5.14. The van der Waals surface area contributed by atoms with E-state index in [2.05, 4.69) is 6.58 Å². The topological polar surface area (TPSA) is 54.4 Å². The molecule has 13 heavy (non-hydrogen) atoms. The summed E-state index contributed by atoms with van der Waals surface area (Å²) in [5, 5.41) is 8.55. The third-order valence-electron chi connectivity index (χ3n) is 1.61. The van der Waals surface area contributed by atoms with Gasteiger partial charge < -0.3 is 9.59 Å². The lowest BCUT2D eigenvalue weighted by atomic mass is 10.2. The van der Waals surface area contributed by atoms with Crippen LogP contribution in [0.2, 0.25) is 0 Å². The summed E-state index contributed by atoms with van der Waals surface area (Å²) < 4.78 is 0.154. The predicted molar refractivity (Wildman–Crippen MR) is 49.3 cm³/mol. The Morgan fingerprint density at radius 2 is 1.77 bits per heavy atom. The lowest BCUT2D eigenvalue weighted by Gasteiger charge is -2.26. The summed E-state index contributed by atoms with van der Waals surface area (Å²) >= 11 is 0. The summed E-state index contributed by atoms with van der Waals surface area (Å²) in [6.07, 6.45) is 0. The van der Waals surface area contributed by atoms with Crippen molar-refractivity contribution in [3.8, 4) is 0 Å². The smallest absolute Gasteiger partial charge is 0.359 e. The quantitative estimate of drug-likeness (QED) is 0.496. The number of carbonyl (C=O) groups excluding carboxylic acids is 1. The highest BCUT2D eigenvalue weighted by molar-refractivity contribution is 5.95. The first-order chi connectivity index (χ1) is 5.74. The summed E-state index contributed by atoms with van der Waals surface area (Å²) in [5.74, 6) is -0.995. The molecule has 74 valence electrons. The van der Waals surface area contributed by atoms with Crippen LogP contribution in [0.25, 0.3) is 0 Å². The summed E-state index contributed by atoms with van der Waals surface area (Å²) in [4.78, 5) is 21.6. The zero-order chi connectivity index (χ0) is 10.6. The van der Waals surface area contributed by atoms with Crippen LogP contribution in [0.1, 0.15) is 6.92 Å². The number of ketones is 1. The maximum absolute atomic E-state index is 11.2. The van der Waals surface area contributed by atoms with Gasteiger partial charge in [0.15, 0.2) is 6.54 Å². The summed E-state index contributed by atoms with van der Waals surface area (Å²) in [6.45, 7) is 5.27. The molecule has 0 aromatic carbocycles. The zero-order valence-electron chi connectivity index (χ0n) is 8.33.